The number of pyridine rings is 1. The Labute approximate surface area is 134 Å². The maximum atomic E-state index is 4.52. The van der Waals surface area contributed by atoms with Crippen molar-refractivity contribution < 1.29 is 0 Å². The van der Waals surface area contributed by atoms with Crippen LogP contribution < -0.4 is 5.32 Å². The van der Waals surface area contributed by atoms with Gasteiger partial charge in [0, 0.05) is 18.6 Å². The summed E-state index contributed by atoms with van der Waals surface area (Å²) in [6.45, 7) is 4.82. The van der Waals surface area contributed by atoms with Gasteiger partial charge in [0.05, 0.1) is 29.8 Å². The second kappa shape index (κ2) is 6.95. The Morgan fingerprint density at radius 2 is 1.83 bits per heavy atom. The van der Waals surface area contributed by atoms with E-state index in [1.54, 1.807) is 18.6 Å². The minimum Gasteiger partial charge on any atom is -0.320 e. The van der Waals surface area contributed by atoms with Gasteiger partial charge in [-0.25, -0.2) is 4.98 Å². The van der Waals surface area contributed by atoms with Gasteiger partial charge in [-0.15, -0.1) is 10.2 Å². The Bertz CT molecular complexity index is 767. The molecule has 0 aliphatic heterocycles. The fraction of sp³-hybridized carbons (Fsp3) is 0.312. The number of anilines is 2. The molecule has 0 radical (unpaired) electrons. The molecule has 0 spiro atoms. The smallest absolute Gasteiger partial charge is 0.247 e. The second-order valence-corrected chi connectivity index (χ2v) is 5.14. The van der Waals surface area contributed by atoms with Crippen LogP contribution in [0.25, 0.3) is 0 Å². The number of hydrogen-bond donors (Lipinski definition) is 1. The standard InChI is InChI=1S/C16H19N7/c1-3-14-15(4-2)21-22-16(20-14)19-13-9-18-23(11-13)10-12-5-7-17-8-6-12/h5-9,11H,3-4,10H2,1-2H3,(H,19,20,22). The van der Waals surface area contributed by atoms with Gasteiger partial charge in [-0.3, -0.25) is 9.67 Å². The molecule has 0 amide bonds. The largest absolute Gasteiger partial charge is 0.320 e. The Hall–Kier alpha value is -2.83. The van der Waals surface area contributed by atoms with Crippen LogP contribution in [0.2, 0.25) is 0 Å². The van der Waals surface area contributed by atoms with Crippen molar-refractivity contribution in [3.63, 3.8) is 0 Å². The van der Waals surface area contributed by atoms with Crippen LogP contribution in [0.5, 0.6) is 0 Å². The third-order valence-corrected chi connectivity index (χ3v) is 3.49. The maximum absolute atomic E-state index is 4.52. The van der Waals surface area contributed by atoms with Gasteiger partial charge in [0.1, 0.15) is 0 Å². The summed E-state index contributed by atoms with van der Waals surface area (Å²) in [5.41, 5.74) is 3.92. The summed E-state index contributed by atoms with van der Waals surface area (Å²) in [7, 11) is 0. The third-order valence-electron chi connectivity index (χ3n) is 3.49. The Kier molecular flexibility index (Phi) is 4.56. The zero-order valence-corrected chi connectivity index (χ0v) is 13.3. The molecule has 3 aromatic rings. The topological polar surface area (TPSA) is 81.4 Å². The highest BCUT2D eigenvalue weighted by molar-refractivity contribution is 5.50. The molecule has 0 saturated heterocycles. The SMILES string of the molecule is CCc1nnc(Nc2cnn(Cc3ccncc3)c2)nc1CC. The number of hydrogen-bond acceptors (Lipinski definition) is 6. The molecule has 0 aliphatic rings. The van der Waals surface area contributed by atoms with Crippen molar-refractivity contribution in [2.24, 2.45) is 0 Å². The van der Waals surface area contributed by atoms with E-state index in [0.717, 1.165) is 35.5 Å². The van der Waals surface area contributed by atoms with Crippen LogP contribution in [0.1, 0.15) is 30.8 Å². The van der Waals surface area contributed by atoms with Gasteiger partial charge in [-0.1, -0.05) is 13.8 Å². The van der Waals surface area contributed by atoms with Crippen LogP contribution in [0.15, 0.2) is 36.9 Å². The number of aryl methyl sites for hydroxylation is 2. The summed E-state index contributed by atoms with van der Waals surface area (Å²) < 4.78 is 1.85. The molecule has 3 aromatic heterocycles. The third kappa shape index (κ3) is 3.68. The van der Waals surface area contributed by atoms with E-state index in [0.29, 0.717) is 12.5 Å². The van der Waals surface area contributed by atoms with E-state index in [1.165, 1.54) is 0 Å². The zero-order valence-electron chi connectivity index (χ0n) is 13.3. The first kappa shape index (κ1) is 15.1. The lowest BCUT2D eigenvalue weighted by Gasteiger charge is -2.06. The summed E-state index contributed by atoms with van der Waals surface area (Å²) in [5.74, 6) is 0.502. The molecule has 0 fully saturated rings. The lowest BCUT2D eigenvalue weighted by molar-refractivity contribution is 0.686. The van der Waals surface area contributed by atoms with Crippen molar-refractivity contribution in [2.45, 2.75) is 33.2 Å². The van der Waals surface area contributed by atoms with Gasteiger partial charge < -0.3 is 5.32 Å². The van der Waals surface area contributed by atoms with Crippen molar-refractivity contribution >= 4 is 11.6 Å². The lowest BCUT2D eigenvalue weighted by Crippen LogP contribution is -2.06. The van der Waals surface area contributed by atoms with E-state index in [4.69, 9.17) is 0 Å². The van der Waals surface area contributed by atoms with Crippen LogP contribution >= 0.6 is 0 Å². The summed E-state index contributed by atoms with van der Waals surface area (Å²) in [4.78, 5) is 8.53. The van der Waals surface area contributed by atoms with Crippen LogP contribution in [0.3, 0.4) is 0 Å². The van der Waals surface area contributed by atoms with Gasteiger partial charge in [-0.05, 0) is 30.5 Å². The molecule has 0 bridgehead atoms. The fourth-order valence-electron chi connectivity index (χ4n) is 2.31. The van der Waals surface area contributed by atoms with E-state index in [1.807, 2.05) is 23.0 Å². The molecule has 3 rings (SSSR count). The van der Waals surface area contributed by atoms with E-state index in [-0.39, 0.29) is 0 Å². The van der Waals surface area contributed by atoms with Crippen molar-refractivity contribution in [3.05, 3.63) is 53.9 Å². The Balaban J connectivity index is 1.71. The van der Waals surface area contributed by atoms with Gasteiger partial charge >= 0.3 is 0 Å². The van der Waals surface area contributed by atoms with Gasteiger partial charge in [0.15, 0.2) is 0 Å². The van der Waals surface area contributed by atoms with Crippen molar-refractivity contribution in [1.29, 1.82) is 0 Å². The average molecular weight is 309 g/mol. The summed E-state index contributed by atoms with van der Waals surface area (Å²) >= 11 is 0. The fourth-order valence-corrected chi connectivity index (χ4v) is 2.31. The molecule has 118 valence electrons. The van der Waals surface area contributed by atoms with Crippen molar-refractivity contribution in [3.8, 4) is 0 Å². The van der Waals surface area contributed by atoms with Crippen molar-refractivity contribution in [1.82, 2.24) is 29.9 Å². The van der Waals surface area contributed by atoms with Gasteiger partial charge in [0.2, 0.25) is 5.95 Å². The zero-order chi connectivity index (χ0) is 16.1. The average Bonchev–Trinajstić information content (AvgIpc) is 3.02. The predicted octanol–water partition coefficient (Wildman–Crippen LogP) is 2.38. The number of aromatic nitrogens is 6. The summed E-state index contributed by atoms with van der Waals surface area (Å²) in [6.07, 6.45) is 8.91. The van der Waals surface area contributed by atoms with Crippen molar-refractivity contribution in [2.75, 3.05) is 5.32 Å². The van der Waals surface area contributed by atoms with E-state index in [9.17, 15) is 0 Å². The van der Waals surface area contributed by atoms with E-state index >= 15 is 0 Å². The molecule has 1 N–H and O–H groups in total. The quantitative estimate of drug-likeness (QED) is 0.753. The molecule has 7 heteroatoms. The first-order chi connectivity index (χ1) is 11.3. The molecule has 0 unspecified atom stereocenters. The first-order valence-electron chi connectivity index (χ1n) is 7.69. The highest BCUT2D eigenvalue weighted by Gasteiger charge is 2.07. The van der Waals surface area contributed by atoms with Gasteiger partial charge in [-0.2, -0.15) is 5.10 Å². The summed E-state index contributed by atoms with van der Waals surface area (Å²) in [5, 5.41) is 15.9. The highest BCUT2D eigenvalue weighted by atomic mass is 15.3. The highest BCUT2D eigenvalue weighted by Crippen LogP contribution is 2.14. The van der Waals surface area contributed by atoms with Crippen LogP contribution in [0, 0.1) is 0 Å². The molecule has 0 atom stereocenters. The molecular weight excluding hydrogens is 290 g/mol. The predicted molar refractivity (Wildman–Crippen MR) is 87.4 cm³/mol. The minimum absolute atomic E-state index is 0.502. The number of nitrogens with one attached hydrogen (secondary N) is 1. The first-order valence-corrected chi connectivity index (χ1v) is 7.69. The van der Waals surface area contributed by atoms with Crippen LogP contribution in [-0.2, 0) is 19.4 Å². The lowest BCUT2D eigenvalue weighted by atomic mass is 10.2. The Morgan fingerprint density at radius 1 is 1.04 bits per heavy atom. The summed E-state index contributed by atoms with van der Waals surface area (Å²) in [6, 6.07) is 3.94. The normalized spacial score (nSPS) is 10.7. The molecule has 3 heterocycles. The number of nitrogens with zero attached hydrogens (tertiary/aromatic N) is 6. The van der Waals surface area contributed by atoms with Crippen LogP contribution in [0.4, 0.5) is 11.6 Å². The monoisotopic (exact) mass is 309 g/mol. The molecule has 0 aliphatic carbocycles. The molecule has 23 heavy (non-hydrogen) atoms. The van der Waals surface area contributed by atoms with E-state index < -0.39 is 0 Å². The molecule has 0 saturated carbocycles. The minimum atomic E-state index is 0.502. The number of rotatable bonds is 6. The van der Waals surface area contributed by atoms with E-state index in [2.05, 4.69) is 44.4 Å². The van der Waals surface area contributed by atoms with Crippen LogP contribution in [-0.4, -0.2) is 29.9 Å². The molecule has 7 nitrogen and oxygen atoms in total. The maximum Gasteiger partial charge on any atom is 0.247 e. The molecular formula is C16H19N7. The second-order valence-electron chi connectivity index (χ2n) is 5.14. The Morgan fingerprint density at radius 3 is 2.57 bits per heavy atom. The van der Waals surface area contributed by atoms with Gasteiger partial charge in [0.25, 0.3) is 0 Å². The molecule has 0 aromatic carbocycles.